The summed E-state index contributed by atoms with van der Waals surface area (Å²) in [6.07, 6.45) is 5.38. The summed E-state index contributed by atoms with van der Waals surface area (Å²) in [5.74, 6) is 1.27. The molecule has 3 heterocycles. The highest BCUT2D eigenvalue weighted by Crippen LogP contribution is 2.33. The van der Waals surface area contributed by atoms with Crippen LogP contribution in [0.25, 0.3) is 11.4 Å². The molecule has 0 radical (unpaired) electrons. The van der Waals surface area contributed by atoms with Crippen LogP contribution in [0.4, 0.5) is 5.69 Å². The smallest absolute Gasteiger partial charge is 0.237 e. The van der Waals surface area contributed by atoms with Gasteiger partial charge in [-0.25, -0.2) is 0 Å². The van der Waals surface area contributed by atoms with Gasteiger partial charge in [0.1, 0.15) is 0 Å². The number of amides is 1. The third kappa shape index (κ3) is 3.54. The number of aromatic nitrogens is 4. The number of thioether (sulfide) groups is 1. The molecule has 1 aliphatic heterocycles. The van der Waals surface area contributed by atoms with E-state index in [2.05, 4.69) is 39.7 Å². The lowest BCUT2D eigenvalue weighted by Crippen LogP contribution is -2.37. The Labute approximate surface area is 169 Å². The van der Waals surface area contributed by atoms with E-state index in [9.17, 15) is 4.79 Å². The molecule has 2 aromatic heterocycles. The maximum absolute atomic E-state index is 13.0. The molecule has 0 saturated heterocycles. The molecule has 0 fully saturated rings. The van der Waals surface area contributed by atoms with Gasteiger partial charge in [-0.1, -0.05) is 36.9 Å². The number of hydrogen-bond donors (Lipinski definition) is 0. The van der Waals surface area contributed by atoms with Crippen LogP contribution in [0.3, 0.4) is 0 Å². The molecule has 1 atom stereocenters. The lowest BCUT2D eigenvalue weighted by Gasteiger charge is -2.22. The molecule has 0 N–H and O–H groups in total. The summed E-state index contributed by atoms with van der Waals surface area (Å²) in [5, 5.41) is 9.51. The molecule has 4 rings (SSSR count). The first-order chi connectivity index (χ1) is 13.7. The van der Waals surface area contributed by atoms with Gasteiger partial charge in [-0.15, -0.1) is 10.2 Å². The zero-order chi connectivity index (χ0) is 19.5. The van der Waals surface area contributed by atoms with Crippen molar-refractivity contribution in [3.05, 3.63) is 54.4 Å². The van der Waals surface area contributed by atoms with Gasteiger partial charge in [0.05, 0.1) is 5.75 Å². The average molecular weight is 394 g/mol. The average Bonchev–Trinajstić information content (AvgIpc) is 3.27. The highest BCUT2D eigenvalue weighted by atomic mass is 32.2. The third-order valence-corrected chi connectivity index (χ3v) is 5.85. The minimum Gasteiger partial charge on any atom is -0.308 e. The summed E-state index contributed by atoms with van der Waals surface area (Å²) in [4.78, 5) is 19.0. The summed E-state index contributed by atoms with van der Waals surface area (Å²) in [5.41, 5.74) is 3.26. The first kappa shape index (κ1) is 18.7. The first-order valence-corrected chi connectivity index (χ1v) is 10.5. The van der Waals surface area contributed by atoms with Crippen LogP contribution in [0, 0.1) is 0 Å². The van der Waals surface area contributed by atoms with Gasteiger partial charge in [-0.3, -0.25) is 9.78 Å². The zero-order valence-electron chi connectivity index (χ0n) is 16.1. The SMILES string of the molecule is CCCn1c(SCC(=O)N2c3ccccc3CC2C)nnc1-c1ccncc1. The Hall–Kier alpha value is -2.67. The molecule has 0 spiro atoms. The van der Waals surface area contributed by atoms with Crippen LogP contribution < -0.4 is 4.90 Å². The molecule has 1 amide bonds. The van der Waals surface area contributed by atoms with E-state index in [1.54, 1.807) is 12.4 Å². The lowest BCUT2D eigenvalue weighted by molar-refractivity contribution is -0.116. The normalized spacial score (nSPS) is 15.6. The van der Waals surface area contributed by atoms with E-state index in [0.717, 1.165) is 41.6 Å². The van der Waals surface area contributed by atoms with Crippen LogP contribution in [0.1, 0.15) is 25.8 Å². The van der Waals surface area contributed by atoms with Gasteiger partial charge in [0.25, 0.3) is 0 Å². The summed E-state index contributed by atoms with van der Waals surface area (Å²) < 4.78 is 2.09. The summed E-state index contributed by atoms with van der Waals surface area (Å²) in [7, 11) is 0. The number of nitrogens with zero attached hydrogens (tertiary/aromatic N) is 5. The Balaban J connectivity index is 1.52. The second-order valence-corrected chi connectivity index (χ2v) is 7.87. The Bertz CT molecular complexity index is 972. The Kier molecular flexibility index (Phi) is 5.43. The second kappa shape index (κ2) is 8.14. The van der Waals surface area contributed by atoms with Crippen molar-refractivity contribution >= 4 is 23.4 Å². The highest BCUT2D eigenvalue weighted by Gasteiger charge is 2.30. The van der Waals surface area contributed by atoms with Crippen LogP contribution in [-0.4, -0.2) is 37.5 Å². The Morgan fingerprint density at radius 3 is 2.75 bits per heavy atom. The fourth-order valence-electron chi connectivity index (χ4n) is 3.68. The van der Waals surface area contributed by atoms with Crippen molar-refractivity contribution in [2.24, 2.45) is 0 Å². The van der Waals surface area contributed by atoms with E-state index >= 15 is 0 Å². The predicted molar refractivity (Wildman–Crippen MR) is 111 cm³/mol. The van der Waals surface area contributed by atoms with Crippen molar-refractivity contribution in [3.63, 3.8) is 0 Å². The molecule has 3 aromatic rings. The van der Waals surface area contributed by atoms with Gasteiger partial charge in [-0.05, 0) is 43.5 Å². The maximum atomic E-state index is 13.0. The summed E-state index contributed by atoms with van der Waals surface area (Å²) in [6.45, 7) is 5.03. The van der Waals surface area contributed by atoms with E-state index in [-0.39, 0.29) is 11.9 Å². The maximum Gasteiger partial charge on any atom is 0.237 e. The van der Waals surface area contributed by atoms with Crippen LogP contribution in [-0.2, 0) is 17.8 Å². The van der Waals surface area contributed by atoms with Gasteiger partial charge in [-0.2, -0.15) is 0 Å². The van der Waals surface area contributed by atoms with Crippen LogP contribution in [0.2, 0.25) is 0 Å². The standard InChI is InChI=1S/C21H23N5OS/c1-3-12-25-20(16-8-10-22-11-9-16)23-24-21(25)28-14-19(27)26-15(2)13-17-6-4-5-7-18(17)26/h4-11,15H,3,12-14H2,1-2H3. The van der Waals surface area contributed by atoms with Crippen LogP contribution in [0.15, 0.2) is 53.9 Å². The fourth-order valence-corrected chi connectivity index (χ4v) is 4.50. The summed E-state index contributed by atoms with van der Waals surface area (Å²) in [6, 6.07) is 12.2. The van der Waals surface area contributed by atoms with E-state index in [1.165, 1.54) is 17.3 Å². The number of para-hydroxylation sites is 1. The summed E-state index contributed by atoms with van der Waals surface area (Å²) >= 11 is 1.46. The largest absolute Gasteiger partial charge is 0.308 e. The molecule has 0 bridgehead atoms. The molecule has 0 aliphatic carbocycles. The van der Waals surface area contributed by atoms with Crippen molar-refractivity contribution in [1.29, 1.82) is 0 Å². The number of anilines is 1. The number of fused-ring (bicyclic) bond motifs is 1. The van der Waals surface area contributed by atoms with Gasteiger partial charge >= 0.3 is 0 Å². The minimum absolute atomic E-state index is 0.110. The van der Waals surface area contributed by atoms with Crippen molar-refractivity contribution < 1.29 is 4.79 Å². The molecular formula is C21H23N5OS. The van der Waals surface area contributed by atoms with E-state index in [1.807, 2.05) is 35.2 Å². The fraction of sp³-hybridized carbons (Fsp3) is 0.333. The van der Waals surface area contributed by atoms with E-state index < -0.39 is 0 Å². The van der Waals surface area contributed by atoms with E-state index in [4.69, 9.17) is 0 Å². The number of carbonyl (C=O) groups excluding carboxylic acids is 1. The van der Waals surface area contributed by atoms with Gasteiger partial charge in [0, 0.05) is 36.2 Å². The number of hydrogen-bond acceptors (Lipinski definition) is 5. The van der Waals surface area contributed by atoms with Gasteiger partial charge in [0.2, 0.25) is 5.91 Å². The number of carbonyl (C=O) groups is 1. The topological polar surface area (TPSA) is 63.9 Å². The van der Waals surface area contributed by atoms with E-state index in [0.29, 0.717) is 5.75 Å². The number of benzene rings is 1. The van der Waals surface area contributed by atoms with Gasteiger partial charge < -0.3 is 9.47 Å². The van der Waals surface area contributed by atoms with Crippen LogP contribution in [0.5, 0.6) is 0 Å². The Morgan fingerprint density at radius 2 is 1.96 bits per heavy atom. The monoisotopic (exact) mass is 393 g/mol. The molecule has 28 heavy (non-hydrogen) atoms. The van der Waals surface area contributed by atoms with Crippen molar-refractivity contribution in [2.45, 2.75) is 44.4 Å². The second-order valence-electron chi connectivity index (χ2n) is 6.93. The zero-order valence-corrected chi connectivity index (χ0v) is 16.9. The molecule has 0 saturated carbocycles. The van der Waals surface area contributed by atoms with Crippen molar-refractivity contribution in [3.8, 4) is 11.4 Å². The number of pyridine rings is 1. The predicted octanol–water partition coefficient (Wildman–Crippen LogP) is 3.82. The third-order valence-electron chi connectivity index (χ3n) is 4.90. The van der Waals surface area contributed by atoms with Crippen molar-refractivity contribution in [1.82, 2.24) is 19.7 Å². The molecule has 7 heteroatoms. The van der Waals surface area contributed by atoms with Gasteiger partial charge in [0.15, 0.2) is 11.0 Å². The molecule has 1 aliphatic rings. The molecule has 144 valence electrons. The highest BCUT2D eigenvalue weighted by molar-refractivity contribution is 7.99. The quantitative estimate of drug-likeness (QED) is 0.596. The first-order valence-electron chi connectivity index (χ1n) is 9.55. The number of rotatable bonds is 6. The minimum atomic E-state index is 0.110. The molecule has 6 nitrogen and oxygen atoms in total. The lowest BCUT2D eigenvalue weighted by atomic mass is 10.1. The Morgan fingerprint density at radius 1 is 1.18 bits per heavy atom. The van der Waals surface area contributed by atoms with Crippen LogP contribution >= 0.6 is 11.8 Å². The molecular weight excluding hydrogens is 370 g/mol. The molecule has 1 unspecified atom stereocenters. The van der Waals surface area contributed by atoms with Crippen molar-refractivity contribution in [2.75, 3.05) is 10.7 Å². The molecule has 1 aromatic carbocycles.